The number of nitrogens with one attached hydrogen (secondary N) is 1. The summed E-state index contributed by atoms with van der Waals surface area (Å²) in [5, 5.41) is 16.0. The Morgan fingerprint density at radius 3 is 1.56 bits per heavy atom. The summed E-state index contributed by atoms with van der Waals surface area (Å²) in [6, 6.07) is 34.6. The molecular formula is C52H46N6O6. The molecule has 2 aliphatic rings. The van der Waals surface area contributed by atoms with E-state index in [9.17, 15) is 19.2 Å². The number of fused-ring (bicyclic) bond motifs is 2. The third-order valence-electron chi connectivity index (χ3n) is 10.4. The van der Waals surface area contributed by atoms with Crippen LogP contribution in [0.25, 0.3) is 56.2 Å². The fraction of sp³-hybridized carbons (Fsp3) is 0.154. The van der Waals surface area contributed by atoms with Crippen LogP contribution in [-0.4, -0.2) is 58.1 Å². The molecule has 0 spiro atoms. The lowest BCUT2D eigenvalue weighted by molar-refractivity contribution is 0.0773. The second kappa shape index (κ2) is 21.3. The molecule has 0 saturated heterocycles. The monoisotopic (exact) mass is 850 g/mol. The fourth-order valence-corrected chi connectivity index (χ4v) is 7.05. The van der Waals surface area contributed by atoms with Crippen molar-refractivity contribution < 1.29 is 19.8 Å². The van der Waals surface area contributed by atoms with Crippen LogP contribution >= 0.6 is 0 Å². The van der Waals surface area contributed by atoms with Crippen molar-refractivity contribution in [1.82, 2.24) is 29.5 Å². The maximum atomic E-state index is 13.6. The van der Waals surface area contributed by atoms with Gasteiger partial charge in [-0.2, -0.15) is 0 Å². The number of aliphatic hydroxyl groups excluding tert-OH is 1. The number of nitrogens with zero attached hydrogens (tertiary/aromatic N) is 5. The quantitative estimate of drug-likeness (QED) is 0.0721. The van der Waals surface area contributed by atoms with Crippen LogP contribution in [0.3, 0.4) is 0 Å². The third kappa shape index (κ3) is 11.0. The van der Waals surface area contributed by atoms with Crippen LogP contribution in [0.4, 0.5) is 0 Å². The molecule has 0 bridgehead atoms. The molecular weight excluding hydrogens is 805 g/mol. The van der Waals surface area contributed by atoms with E-state index in [1.807, 2.05) is 109 Å². The average molecular weight is 851 g/mol. The van der Waals surface area contributed by atoms with Crippen molar-refractivity contribution in [2.75, 3.05) is 6.79 Å². The first kappa shape index (κ1) is 44.3. The van der Waals surface area contributed by atoms with Crippen LogP contribution in [0.1, 0.15) is 70.5 Å². The van der Waals surface area contributed by atoms with Gasteiger partial charge in [0, 0.05) is 69.4 Å². The van der Waals surface area contributed by atoms with Gasteiger partial charge in [0.25, 0.3) is 11.1 Å². The van der Waals surface area contributed by atoms with Gasteiger partial charge in [-0.1, -0.05) is 117 Å². The minimum atomic E-state index is -0.750. The number of carbonyl (C=O) groups is 2. The van der Waals surface area contributed by atoms with Crippen LogP contribution in [0.15, 0.2) is 168 Å². The molecule has 4 heterocycles. The van der Waals surface area contributed by atoms with Gasteiger partial charge in [-0.25, -0.2) is 19.9 Å². The molecule has 0 aliphatic heterocycles. The highest BCUT2D eigenvalue weighted by Gasteiger charge is 2.30. The van der Waals surface area contributed by atoms with Gasteiger partial charge in [0.05, 0.1) is 16.6 Å². The smallest absolute Gasteiger partial charge is 0.263 e. The first-order valence-corrected chi connectivity index (χ1v) is 20.9. The molecule has 320 valence electrons. The van der Waals surface area contributed by atoms with E-state index in [2.05, 4.69) is 31.8 Å². The van der Waals surface area contributed by atoms with Gasteiger partial charge in [-0.15, -0.1) is 0 Å². The number of aromatic amines is 1. The summed E-state index contributed by atoms with van der Waals surface area (Å²) in [5.41, 5.74) is 5.64. The normalized spacial score (nSPS) is 13.0. The van der Waals surface area contributed by atoms with Gasteiger partial charge >= 0.3 is 0 Å². The Balaban J connectivity index is 0.000000167. The van der Waals surface area contributed by atoms with Gasteiger partial charge in [-0.05, 0) is 66.3 Å². The summed E-state index contributed by atoms with van der Waals surface area (Å²) < 4.78 is 1.80. The summed E-state index contributed by atoms with van der Waals surface area (Å²) in [4.78, 5) is 71.2. The Morgan fingerprint density at radius 1 is 0.625 bits per heavy atom. The number of H-pyrrole nitrogens is 1. The molecule has 12 nitrogen and oxygen atoms in total. The molecule has 0 unspecified atom stereocenters. The molecule has 2 aliphatic carbocycles. The van der Waals surface area contributed by atoms with Gasteiger partial charge in [0.2, 0.25) is 0 Å². The van der Waals surface area contributed by atoms with Crippen LogP contribution in [0.5, 0.6) is 0 Å². The number of ketones is 2. The maximum absolute atomic E-state index is 13.6. The van der Waals surface area contributed by atoms with E-state index in [0.717, 1.165) is 46.2 Å². The van der Waals surface area contributed by atoms with Crippen molar-refractivity contribution in [3.8, 4) is 22.3 Å². The molecule has 0 amide bonds. The van der Waals surface area contributed by atoms with E-state index in [0.29, 0.717) is 27.8 Å². The van der Waals surface area contributed by atoms with Crippen LogP contribution in [-0.2, 0) is 0 Å². The van der Waals surface area contributed by atoms with Crippen molar-refractivity contribution in [3.63, 3.8) is 0 Å². The lowest BCUT2D eigenvalue weighted by Crippen LogP contribution is -2.27. The van der Waals surface area contributed by atoms with Gasteiger partial charge in [0.1, 0.15) is 19.4 Å². The zero-order chi connectivity index (χ0) is 44.8. The number of benzene rings is 4. The lowest BCUT2D eigenvalue weighted by atomic mass is 9.93. The SMILES string of the molecule is CC1CC1.O=C(/C=C/c1cncnc1)c1c(-c2ccccc2)c2ccccc2[nH]c1=O.O=C(/C=C/c1cncnc1)c1c(-c2ccccc2)c2ccccc2n(C2CC2)c1=O.OCO. The van der Waals surface area contributed by atoms with Crippen molar-refractivity contribution in [3.05, 3.63) is 202 Å². The second-order valence-electron chi connectivity index (χ2n) is 15.2. The van der Waals surface area contributed by atoms with Gasteiger partial charge in [-0.3, -0.25) is 19.2 Å². The largest absolute Gasteiger partial charge is 0.371 e. The third-order valence-corrected chi connectivity index (χ3v) is 10.4. The zero-order valence-corrected chi connectivity index (χ0v) is 35.1. The van der Waals surface area contributed by atoms with Gasteiger partial charge < -0.3 is 19.8 Å². The topological polar surface area (TPSA) is 181 Å². The predicted octanol–water partition coefficient (Wildman–Crippen LogP) is 8.92. The number of hydrogen-bond donors (Lipinski definition) is 3. The lowest BCUT2D eigenvalue weighted by Gasteiger charge is -2.17. The Morgan fingerprint density at radius 2 is 1.06 bits per heavy atom. The summed E-state index contributed by atoms with van der Waals surface area (Å²) in [5.74, 6) is 0.396. The van der Waals surface area contributed by atoms with E-state index in [4.69, 9.17) is 10.2 Å². The van der Waals surface area contributed by atoms with E-state index in [-0.39, 0.29) is 34.3 Å². The van der Waals surface area contributed by atoms with Crippen molar-refractivity contribution in [2.45, 2.75) is 38.6 Å². The highest BCUT2D eigenvalue weighted by molar-refractivity contribution is 6.16. The summed E-state index contributed by atoms with van der Waals surface area (Å²) in [6.45, 7) is 1.53. The average Bonchev–Trinajstić information content (AvgIpc) is 4.30. The Hall–Kier alpha value is -7.80. The summed E-state index contributed by atoms with van der Waals surface area (Å²) in [7, 11) is 0. The number of hydrogen-bond acceptors (Lipinski definition) is 10. The molecule has 4 aromatic carbocycles. The number of aromatic nitrogens is 6. The first-order valence-electron chi connectivity index (χ1n) is 20.9. The van der Waals surface area contributed by atoms with Crippen molar-refractivity contribution in [2.24, 2.45) is 5.92 Å². The molecule has 2 saturated carbocycles. The minimum Gasteiger partial charge on any atom is -0.371 e. The predicted molar refractivity (Wildman–Crippen MR) is 250 cm³/mol. The molecule has 10 rings (SSSR count). The van der Waals surface area contributed by atoms with Crippen LogP contribution in [0.2, 0.25) is 0 Å². The standard InChI is InChI=1S/C25H19N3O2.C22H15N3O2.C4H8.CH4O2/c29-22(13-10-17-14-26-16-27-15-17)24-23(18-6-2-1-3-7-18)20-8-4-5-9-21(20)28(25(24)30)19-11-12-19;26-19(11-10-15-12-23-14-24-13-15)21-20(16-6-2-1-3-7-16)17-8-4-5-9-18(17)25-22(21)27;1-4-2-3-4;2-1-3/h1-10,13-16,19H,11-12H2;1-14H,(H,25,27);4H,2-3H2,1H3;2-3H,1H2/b13-10+;11-10+;;. The van der Waals surface area contributed by atoms with Crippen molar-refractivity contribution >= 4 is 45.5 Å². The maximum Gasteiger partial charge on any atom is 0.263 e. The number of carbonyl (C=O) groups excluding carboxylic acids is 2. The van der Waals surface area contributed by atoms with Gasteiger partial charge in [0.15, 0.2) is 11.6 Å². The molecule has 2 fully saturated rings. The molecule has 12 heteroatoms. The fourth-order valence-electron chi connectivity index (χ4n) is 7.05. The molecule has 3 N–H and O–H groups in total. The highest BCUT2D eigenvalue weighted by Crippen LogP contribution is 2.39. The van der Waals surface area contributed by atoms with Crippen LogP contribution < -0.4 is 11.1 Å². The van der Waals surface area contributed by atoms with E-state index < -0.39 is 12.4 Å². The summed E-state index contributed by atoms with van der Waals surface area (Å²) >= 11 is 0. The summed E-state index contributed by atoms with van der Waals surface area (Å²) in [6.07, 6.45) is 20.2. The second-order valence-corrected chi connectivity index (χ2v) is 15.2. The molecule has 0 radical (unpaired) electrons. The van der Waals surface area contributed by atoms with E-state index in [1.165, 1.54) is 37.6 Å². The number of allylic oxidation sites excluding steroid dienone is 2. The van der Waals surface area contributed by atoms with E-state index in [1.54, 1.807) is 41.5 Å². The number of rotatable bonds is 9. The zero-order valence-electron chi connectivity index (χ0n) is 35.1. The Labute approximate surface area is 369 Å². The number of aliphatic hydroxyl groups is 2. The highest BCUT2D eigenvalue weighted by atomic mass is 16.5. The Bertz CT molecular complexity index is 3040. The number of para-hydroxylation sites is 2. The first-order chi connectivity index (χ1) is 31.3. The molecule has 8 aromatic rings. The van der Waals surface area contributed by atoms with Crippen LogP contribution in [0, 0.1) is 5.92 Å². The molecule has 4 aromatic heterocycles. The van der Waals surface area contributed by atoms with E-state index >= 15 is 0 Å². The molecule has 64 heavy (non-hydrogen) atoms. The Kier molecular flexibility index (Phi) is 14.7. The number of pyridine rings is 2. The van der Waals surface area contributed by atoms with Crippen molar-refractivity contribution in [1.29, 1.82) is 0 Å². The molecule has 0 atom stereocenters. The minimum absolute atomic E-state index is 0.119.